The largest absolute Gasteiger partial charge is 0.350 e. The van der Waals surface area contributed by atoms with E-state index in [1.165, 1.54) is 27.6 Å². The number of aromatic nitrogens is 2. The number of rotatable bonds is 5. The zero-order valence-electron chi connectivity index (χ0n) is 20.5. The van der Waals surface area contributed by atoms with Crippen LogP contribution in [-0.2, 0) is 18.4 Å². The molecule has 0 spiro atoms. The van der Waals surface area contributed by atoms with E-state index in [0.29, 0.717) is 24.8 Å². The summed E-state index contributed by atoms with van der Waals surface area (Å²) < 4.78 is 2.22. The normalized spacial score (nSPS) is 20.9. The van der Waals surface area contributed by atoms with E-state index < -0.39 is 0 Å². The number of aliphatic imine (C=N–C) groups is 1. The SMILES string of the molecule is Cn1cc(CN2CCC[C@@H](CC(=O)N3CCC4=C(C3)C(c3ccncc3)=NC4)C2)c2ccccc21. The van der Waals surface area contributed by atoms with Crippen molar-refractivity contribution in [2.45, 2.75) is 32.2 Å². The number of carbonyl (C=O) groups excluding carboxylic acids is 1. The van der Waals surface area contributed by atoms with Crippen molar-refractivity contribution >= 4 is 22.5 Å². The molecule has 3 aliphatic heterocycles. The molecule has 3 aromatic rings. The maximum absolute atomic E-state index is 13.4. The molecule has 35 heavy (non-hydrogen) atoms. The summed E-state index contributed by atoms with van der Waals surface area (Å²) in [6.07, 6.45) is 9.79. The van der Waals surface area contributed by atoms with Crippen molar-refractivity contribution in [3.63, 3.8) is 0 Å². The summed E-state index contributed by atoms with van der Waals surface area (Å²) in [4.78, 5) is 26.9. The number of piperidine rings is 1. The van der Waals surface area contributed by atoms with Gasteiger partial charge in [-0.05, 0) is 66.6 Å². The predicted molar refractivity (Wildman–Crippen MR) is 139 cm³/mol. The second-order valence-corrected chi connectivity index (χ2v) is 10.3. The van der Waals surface area contributed by atoms with Gasteiger partial charge in [0.2, 0.25) is 5.91 Å². The highest BCUT2D eigenvalue weighted by Crippen LogP contribution is 2.30. The van der Waals surface area contributed by atoms with E-state index in [0.717, 1.165) is 63.3 Å². The van der Waals surface area contributed by atoms with Crippen LogP contribution in [0.25, 0.3) is 10.9 Å². The quantitative estimate of drug-likeness (QED) is 0.565. The Labute approximate surface area is 207 Å². The molecule has 6 nitrogen and oxygen atoms in total. The lowest BCUT2D eigenvalue weighted by atomic mass is 9.92. The van der Waals surface area contributed by atoms with Gasteiger partial charge in [-0.1, -0.05) is 18.2 Å². The number of nitrogens with zero attached hydrogens (tertiary/aromatic N) is 5. The number of pyridine rings is 1. The van der Waals surface area contributed by atoms with E-state index in [2.05, 4.69) is 56.9 Å². The first-order valence-electron chi connectivity index (χ1n) is 12.8. The van der Waals surface area contributed by atoms with Gasteiger partial charge in [0.15, 0.2) is 0 Å². The summed E-state index contributed by atoms with van der Waals surface area (Å²) >= 11 is 0. The summed E-state index contributed by atoms with van der Waals surface area (Å²) in [5, 5.41) is 1.34. The Morgan fingerprint density at radius 3 is 2.86 bits per heavy atom. The number of hydrogen-bond donors (Lipinski definition) is 0. The van der Waals surface area contributed by atoms with Gasteiger partial charge in [-0.15, -0.1) is 0 Å². The molecule has 0 radical (unpaired) electrons. The number of carbonyl (C=O) groups is 1. The zero-order valence-corrected chi connectivity index (χ0v) is 20.5. The van der Waals surface area contributed by atoms with Crippen molar-refractivity contribution in [2.75, 3.05) is 32.7 Å². The Hall–Kier alpha value is -3.25. The summed E-state index contributed by atoms with van der Waals surface area (Å²) in [6, 6.07) is 12.7. The van der Waals surface area contributed by atoms with Gasteiger partial charge in [0.25, 0.3) is 0 Å². The maximum Gasteiger partial charge on any atom is 0.223 e. The third-order valence-corrected chi connectivity index (χ3v) is 7.92. The van der Waals surface area contributed by atoms with Crippen molar-refractivity contribution in [3.05, 3.63) is 77.3 Å². The molecule has 1 fully saturated rings. The number of benzene rings is 1. The molecule has 3 aliphatic rings. The monoisotopic (exact) mass is 467 g/mol. The van der Waals surface area contributed by atoms with Crippen LogP contribution in [0.2, 0.25) is 0 Å². The lowest BCUT2D eigenvalue weighted by molar-refractivity contribution is -0.132. The van der Waals surface area contributed by atoms with Crippen LogP contribution in [0.1, 0.15) is 36.8 Å². The number of hydrogen-bond acceptors (Lipinski definition) is 4. The van der Waals surface area contributed by atoms with E-state index >= 15 is 0 Å². The first kappa shape index (κ1) is 22.2. The van der Waals surface area contributed by atoms with Crippen molar-refractivity contribution < 1.29 is 4.79 Å². The zero-order chi connectivity index (χ0) is 23.8. The summed E-state index contributed by atoms with van der Waals surface area (Å²) in [5.74, 6) is 0.730. The van der Waals surface area contributed by atoms with Crippen molar-refractivity contribution in [1.29, 1.82) is 0 Å². The number of aryl methyl sites for hydroxylation is 1. The van der Waals surface area contributed by atoms with Crippen LogP contribution >= 0.6 is 0 Å². The third kappa shape index (κ3) is 4.43. The Morgan fingerprint density at radius 2 is 1.97 bits per heavy atom. The van der Waals surface area contributed by atoms with Crippen LogP contribution in [0, 0.1) is 5.92 Å². The molecule has 0 aliphatic carbocycles. The highest BCUT2D eigenvalue weighted by Gasteiger charge is 2.31. The smallest absolute Gasteiger partial charge is 0.223 e. The minimum absolute atomic E-state index is 0.300. The van der Waals surface area contributed by atoms with Gasteiger partial charge in [-0.2, -0.15) is 0 Å². The molecule has 6 heteroatoms. The molecule has 1 atom stereocenters. The highest BCUT2D eigenvalue weighted by molar-refractivity contribution is 6.15. The standard InChI is InChI=1S/C29H33N5O/c1-32-18-24(25-6-2-3-7-27(25)32)19-33-13-4-5-21(17-33)15-28(35)34-14-10-23-16-31-29(26(23)20-34)22-8-11-30-12-9-22/h2-3,6-9,11-12,18,21H,4-5,10,13-17,19-20H2,1H3/t21-/m0/s1. The van der Waals surface area contributed by atoms with E-state index in [4.69, 9.17) is 4.99 Å². The second-order valence-electron chi connectivity index (χ2n) is 10.3. The first-order valence-corrected chi connectivity index (χ1v) is 12.8. The Balaban J connectivity index is 1.09. The average molecular weight is 468 g/mol. The Morgan fingerprint density at radius 1 is 1.11 bits per heavy atom. The molecule has 0 N–H and O–H groups in total. The van der Waals surface area contributed by atoms with Crippen molar-refractivity contribution in [3.8, 4) is 0 Å². The first-order chi connectivity index (χ1) is 17.2. The molecule has 0 bridgehead atoms. The minimum atomic E-state index is 0.300. The molecule has 2 aromatic heterocycles. The van der Waals surface area contributed by atoms with E-state index in [1.54, 1.807) is 0 Å². The van der Waals surface area contributed by atoms with Crippen LogP contribution in [-0.4, -0.2) is 63.7 Å². The van der Waals surface area contributed by atoms with Crippen molar-refractivity contribution in [1.82, 2.24) is 19.4 Å². The van der Waals surface area contributed by atoms with Gasteiger partial charge in [-0.3, -0.25) is 19.7 Å². The molecule has 6 rings (SSSR count). The molecule has 1 amide bonds. The fourth-order valence-electron chi connectivity index (χ4n) is 6.11. The maximum atomic E-state index is 13.4. The molecule has 0 saturated carbocycles. The number of fused-ring (bicyclic) bond motifs is 1. The predicted octanol–water partition coefficient (Wildman–Crippen LogP) is 4.21. The third-order valence-electron chi connectivity index (χ3n) is 7.92. The highest BCUT2D eigenvalue weighted by atomic mass is 16.2. The Bertz CT molecular complexity index is 1310. The summed E-state index contributed by atoms with van der Waals surface area (Å²) in [5.41, 5.74) is 7.49. The summed E-state index contributed by atoms with van der Waals surface area (Å²) in [6.45, 7) is 5.36. The molecule has 5 heterocycles. The fourth-order valence-corrected chi connectivity index (χ4v) is 6.11. The number of likely N-dealkylation sites (tertiary alicyclic amines) is 1. The topological polar surface area (TPSA) is 53.7 Å². The van der Waals surface area contributed by atoms with Crippen LogP contribution in [0.3, 0.4) is 0 Å². The summed E-state index contributed by atoms with van der Waals surface area (Å²) in [7, 11) is 2.12. The van der Waals surface area contributed by atoms with Crippen LogP contribution in [0.5, 0.6) is 0 Å². The molecular formula is C29H33N5O. The average Bonchev–Trinajstić information content (AvgIpc) is 3.45. The van der Waals surface area contributed by atoms with Crippen LogP contribution < -0.4 is 0 Å². The molecule has 0 unspecified atom stereocenters. The van der Waals surface area contributed by atoms with Crippen LogP contribution in [0.15, 0.2) is 71.1 Å². The van der Waals surface area contributed by atoms with E-state index in [1.807, 2.05) is 24.5 Å². The number of para-hydroxylation sites is 1. The van der Waals surface area contributed by atoms with Gasteiger partial charge >= 0.3 is 0 Å². The van der Waals surface area contributed by atoms with E-state index in [9.17, 15) is 4.79 Å². The Kier molecular flexibility index (Phi) is 5.98. The molecule has 1 saturated heterocycles. The lowest BCUT2D eigenvalue weighted by Gasteiger charge is -2.34. The molecule has 180 valence electrons. The fraction of sp³-hybridized carbons (Fsp3) is 0.414. The van der Waals surface area contributed by atoms with Gasteiger partial charge in [0.05, 0.1) is 12.3 Å². The van der Waals surface area contributed by atoms with Gasteiger partial charge in [0, 0.05) is 74.7 Å². The minimum Gasteiger partial charge on any atom is -0.350 e. The van der Waals surface area contributed by atoms with Crippen LogP contribution in [0.4, 0.5) is 0 Å². The molecular weight excluding hydrogens is 434 g/mol. The van der Waals surface area contributed by atoms with Crippen molar-refractivity contribution in [2.24, 2.45) is 18.0 Å². The van der Waals surface area contributed by atoms with E-state index in [-0.39, 0.29) is 0 Å². The second kappa shape index (κ2) is 9.42. The van der Waals surface area contributed by atoms with Gasteiger partial charge < -0.3 is 9.47 Å². The van der Waals surface area contributed by atoms with Gasteiger partial charge in [-0.25, -0.2) is 0 Å². The van der Waals surface area contributed by atoms with Gasteiger partial charge in [0.1, 0.15) is 0 Å². The number of amides is 1. The molecule has 1 aromatic carbocycles. The lowest BCUT2D eigenvalue weighted by Crippen LogP contribution is -2.41.